The van der Waals surface area contributed by atoms with Gasteiger partial charge in [0.25, 0.3) is 0 Å². The second-order valence-corrected chi connectivity index (χ2v) is 5.91. The summed E-state index contributed by atoms with van der Waals surface area (Å²) in [5, 5.41) is 0. The Kier molecular flexibility index (Phi) is 3.18. The van der Waals surface area contributed by atoms with Crippen molar-refractivity contribution in [1.29, 1.82) is 0 Å². The van der Waals surface area contributed by atoms with Gasteiger partial charge in [0.05, 0.1) is 0 Å². The molecule has 3 heteroatoms. The average Bonchev–Trinajstić information content (AvgIpc) is 2.75. The number of fused-ring (bicyclic) bond motifs is 1. The van der Waals surface area contributed by atoms with Crippen molar-refractivity contribution in [2.24, 2.45) is 5.73 Å². The van der Waals surface area contributed by atoms with E-state index in [-0.39, 0.29) is 0 Å². The molecule has 3 heterocycles. The van der Waals surface area contributed by atoms with Crippen molar-refractivity contribution >= 4 is 0 Å². The van der Waals surface area contributed by atoms with Crippen LogP contribution in [0.1, 0.15) is 38.5 Å². The average molecular weight is 223 g/mol. The molecule has 0 aromatic carbocycles. The van der Waals surface area contributed by atoms with E-state index in [4.69, 9.17) is 5.73 Å². The molecule has 0 saturated carbocycles. The summed E-state index contributed by atoms with van der Waals surface area (Å²) < 4.78 is 0. The lowest BCUT2D eigenvalue weighted by Gasteiger charge is -2.43. The molecule has 3 fully saturated rings. The van der Waals surface area contributed by atoms with E-state index in [0.717, 1.165) is 18.6 Å². The molecule has 16 heavy (non-hydrogen) atoms. The van der Waals surface area contributed by atoms with Gasteiger partial charge in [-0.15, -0.1) is 0 Å². The van der Waals surface area contributed by atoms with Crippen molar-refractivity contribution in [2.45, 2.75) is 56.7 Å². The first-order chi connectivity index (χ1) is 7.83. The van der Waals surface area contributed by atoms with Gasteiger partial charge < -0.3 is 10.6 Å². The van der Waals surface area contributed by atoms with E-state index in [1.807, 2.05) is 0 Å². The fourth-order valence-corrected chi connectivity index (χ4v) is 3.91. The largest absolute Gasteiger partial charge is 0.327 e. The predicted octanol–water partition coefficient (Wildman–Crippen LogP) is 1.04. The molecule has 3 unspecified atom stereocenters. The van der Waals surface area contributed by atoms with Crippen LogP contribution in [0.5, 0.6) is 0 Å². The topological polar surface area (TPSA) is 32.5 Å². The van der Waals surface area contributed by atoms with E-state index in [1.165, 1.54) is 58.2 Å². The first-order valence-electron chi connectivity index (χ1n) is 7.06. The molecule has 0 radical (unpaired) electrons. The van der Waals surface area contributed by atoms with Gasteiger partial charge in [-0.05, 0) is 58.2 Å². The van der Waals surface area contributed by atoms with Crippen molar-refractivity contribution in [3.05, 3.63) is 0 Å². The summed E-state index contributed by atoms with van der Waals surface area (Å²) in [4.78, 5) is 5.39. The number of hydrogen-bond donors (Lipinski definition) is 1. The van der Waals surface area contributed by atoms with Crippen LogP contribution >= 0.6 is 0 Å². The van der Waals surface area contributed by atoms with Gasteiger partial charge in [0.1, 0.15) is 0 Å². The minimum absolute atomic E-state index is 0.440. The first-order valence-corrected chi connectivity index (χ1v) is 7.06. The molecule has 92 valence electrons. The summed E-state index contributed by atoms with van der Waals surface area (Å²) in [6, 6.07) is 2.18. The highest BCUT2D eigenvalue weighted by Crippen LogP contribution is 2.30. The monoisotopic (exact) mass is 223 g/mol. The zero-order chi connectivity index (χ0) is 11.0. The summed E-state index contributed by atoms with van der Waals surface area (Å²) >= 11 is 0. The van der Waals surface area contributed by atoms with Crippen LogP contribution in [-0.4, -0.2) is 54.1 Å². The molecule has 0 spiro atoms. The van der Waals surface area contributed by atoms with Crippen LogP contribution in [0.15, 0.2) is 0 Å². The standard InChI is InChI=1S/C13H25N3/c14-11-3-1-7-16(10-11)13-5-8-15-6-2-4-12(15)9-13/h11-13H,1-10,14H2. The SMILES string of the molecule is NC1CCCN(C2CCN3CCCC3C2)C1. The van der Waals surface area contributed by atoms with E-state index in [0.29, 0.717) is 6.04 Å². The Labute approximate surface area is 99.0 Å². The number of piperidine rings is 2. The predicted molar refractivity (Wildman–Crippen MR) is 66.4 cm³/mol. The summed E-state index contributed by atoms with van der Waals surface area (Å²) in [5.74, 6) is 0. The number of nitrogens with two attached hydrogens (primary N) is 1. The zero-order valence-corrected chi connectivity index (χ0v) is 10.3. The molecule has 0 aromatic heterocycles. The quantitative estimate of drug-likeness (QED) is 0.721. The maximum atomic E-state index is 6.09. The van der Waals surface area contributed by atoms with Crippen LogP contribution in [0.25, 0.3) is 0 Å². The molecule has 0 aliphatic carbocycles. The molecular formula is C13H25N3. The van der Waals surface area contributed by atoms with Gasteiger partial charge in [-0.2, -0.15) is 0 Å². The van der Waals surface area contributed by atoms with E-state index in [9.17, 15) is 0 Å². The Bertz CT molecular complexity index is 243. The van der Waals surface area contributed by atoms with E-state index < -0.39 is 0 Å². The molecule has 0 bridgehead atoms. The fraction of sp³-hybridized carbons (Fsp3) is 1.00. The van der Waals surface area contributed by atoms with Crippen molar-refractivity contribution in [1.82, 2.24) is 9.80 Å². The molecular weight excluding hydrogens is 198 g/mol. The number of nitrogens with zero attached hydrogens (tertiary/aromatic N) is 2. The number of hydrogen-bond acceptors (Lipinski definition) is 3. The maximum Gasteiger partial charge on any atom is 0.0168 e. The Hall–Kier alpha value is -0.120. The fourth-order valence-electron chi connectivity index (χ4n) is 3.91. The lowest BCUT2D eigenvalue weighted by atomic mass is 9.94. The molecule has 3 atom stereocenters. The molecule has 3 nitrogen and oxygen atoms in total. The zero-order valence-electron chi connectivity index (χ0n) is 10.3. The van der Waals surface area contributed by atoms with Crippen molar-refractivity contribution in [2.75, 3.05) is 26.2 Å². The van der Waals surface area contributed by atoms with Crippen LogP contribution in [0.2, 0.25) is 0 Å². The third-order valence-corrected chi connectivity index (χ3v) is 4.80. The lowest BCUT2D eigenvalue weighted by molar-refractivity contribution is 0.0690. The van der Waals surface area contributed by atoms with Crippen LogP contribution in [0.3, 0.4) is 0 Å². The molecule has 3 rings (SSSR count). The normalized spacial score (nSPS) is 42.2. The Balaban J connectivity index is 1.58. The Morgan fingerprint density at radius 2 is 1.56 bits per heavy atom. The number of likely N-dealkylation sites (tertiary alicyclic amines) is 1. The van der Waals surface area contributed by atoms with Crippen molar-refractivity contribution < 1.29 is 0 Å². The van der Waals surface area contributed by atoms with E-state index in [2.05, 4.69) is 9.80 Å². The molecule has 3 aliphatic heterocycles. The second-order valence-electron chi connectivity index (χ2n) is 5.91. The van der Waals surface area contributed by atoms with Crippen LogP contribution in [0.4, 0.5) is 0 Å². The highest BCUT2D eigenvalue weighted by atomic mass is 15.2. The third-order valence-electron chi connectivity index (χ3n) is 4.80. The maximum absolute atomic E-state index is 6.09. The van der Waals surface area contributed by atoms with Crippen LogP contribution in [-0.2, 0) is 0 Å². The first kappa shape index (κ1) is 11.0. The van der Waals surface area contributed by atoms with Crippen molar-refractivity contribution in [3.8, 4) is 0 Å². The van der Waals surface area contributed by atoms with Gasteiger partial charge in [-0.3, -0.25) is 4.90 Å². The minimum atomic E-state index is 0.440. The lowest BCUT2D eigenvalue weighted by Crippen LogP contribution is -2.52. The summed E-state index contributed by atoms with van der Waals surface area (Å²) in [5.41, 5.74) is 6.09. The highest BCUT2D eigenvalue weighted by Gasteiger charge is 2.35. The second kappa shape index (κ2) is 4.63. The smallest absolute Gasteiger partial charge is 0.0168 e. The molecule has 3 aliphatic rings. The van der Waals surface area contributed by atoms with Gasteiger partial charge in [-0.25, -0.2) is 0 Å². The van der Waals surface area contributed by atoms with Gasteiger partial charge in [0.2, 0.25) is 0 Å². The van der Waals surface area contributed by atoms with Gasteiger partial charge in [0.15, 0.2) is 0 Å². The van der Waals surface area contributed by atoms with Crippen LogP contribution in [0, 0.1) is 0 Å². The number of rotatable bonds is 1. The van der Waals surface area contributed by atoms with Gasteiger partial charge in [-0.1, -0.05) is 0 Å². The molecule has 2 N–H and O–H groups in total. The van der Waals surface area contributed by atoms with Gasteiger partial charge >= 0.3 is 0 Å². The molecule has 0 amide bonds. The van der Waals surface area contributed by atoms with E-state index >= 15 is 0 Å². The van der Waals surface area contributed by atoms with Gasteiger partial charge in [0, 0.05) is 24.7 Å². The van der Waals surface area contributed by atoms with Crippen LogP contribution < -0.4 is 5.73 Å². The Morgan fingerprint density at radius 3 is 2.44 bits per heavy atom. The molecule has 0 aromatic rings. The Morgan fingerprint density at radius 1 is 0.812 bits per heavy atom. The highest BCUT2D eigenvalue weighted by molar-refractivity contribution is 4.92. The minimum Gasteiger partial charge on any atom is -0.327 e. The molecule has 3 saturated heterocycles. The summed E-state index contributed by atoms with van der Waals surface area (Å²) in [6.45, 7) is 5.14. The van der Waals surface area contributed by atoms with E-state index in [1.54, 1.807) is 0 Å². The third kappa shape index (κ3) is 2.13. The summed E-state index contributed by atoms with van der Waals surface area (Å²) in [7, 11) is 0. The summed E-state index contributed by atoms with van der Waals surface area (Å²) in [6.07, 6.45) is 8.20. The van der Waals surface area contributed by atoms with Crippen molar-refractivity contribution in [3.63, 3.8) is 0 Å².